The lowest BCUT2D eigenvalue weighted by Gasteiger charge is -2.37. The van der Waals surface area contributed by atoms with Gasteiger partial charge < -0.3 is 10.2 Å². The van der Waals surface area contributed by atoms with Crippen molar-refractivity contribution < 1.29 is 14.4 Å². The second kappa shape index (κ2) is 8.47. The van der Waals surface area contributed by atoms with E-state index in [2.05, 4.69) is 22.5 Å². The van der Waals surface area contributed by atoms with Crippen LogP contribution < -0.4 is 10.6 Å². The fraction of sp³-hybridized carbons (Fsp3) is 0.560. The first-order valence-corrected chi connectivity index (χ1v) is 11.6. The number of carbonyl (C=O) groups excluding carboxylic acids is 3. The van der Waals surface area contributed by atoms with Crippen molar-refractivity contribution in [1.29, 1.82) is 0 Å². The lowest BCUT2D eigenvalue weighted by Crippen LogP contribution is -2.52. The van der Waals surface area contributed by atoms with Crippen LogP contribution in [0.5, 0.6) is 0 Å². The minimum absolute atomic E-state index is 0.139. The molecule has 162 valence electrons. The van der Waals surface area contributed by atoms with Gasteiger partial charge in [0.05, 0.1) is 0 Å². The highest BCUT2D eigenvalue weighted by Crippen LogP contribution is 2.30. The number of rotatable bonds is 3. The molecule has 0 bridgehead atoms. The minimum atomic E-state index is -0.573. The summed E-state index contributed by atoms with van der Waals surface area (Å²) in [7, 11) is 0. The highest BCUT2D eigenvalue weighted by Gasteiger charge is 2.39. The van der Waals surface area contributed by atoms with E-state index in [1.165, 1.54) is 32.1 Å². The Bertz CT molecular complexity index is 964. The molecule has 2 N–H and O–H groups in total. The van der Waals surface area contributed by atoms with Gasteiger partial charge in [-0.15, -0.1) is 0 Å². The molecule has 0 aromatic heterocycles. The maximum atomic E-state index is 12.8. The number of imide groups is 1. The van der Waals surface area contributed by atoms with Crippen LogP contribution in [-0.4, -0.2) is 40.7 Å². The molecule has 3 fully saturated rings. The third kappa shape index (κ3) is 4.24. The predicted octanol–water partition coefficient (Wildman–Crippen LogP) is 2.50. The largest absolute Gasteiger partial charge is 0.322 e. The molecule has 3 amide bonds. The summed E-state index contributed by atoms with van der Waals surface area (Å²) >= 11 is 0. The monoisotopic (exact) mass is 419 g/mol. The highest BCUT2D eigenvalue weighted by atomic mass is 16.2. The maximum Gasteiger partial charge on any atom is 0.255 e. The average Bonchev–Trinajstić information content (AvgIpc) is 3.06. The van der Waals surface area contributed by atoms with Gasteiger partial charge >= 0.3 is 0 Å². The van der Waals surface area contributed by atoms with Gasteiger partial charge in [0.25, 0.3) is 5.91 Å². The van der Waals surface area contributed by atoms with Gasteiger partial charge in [-0.3, -0.25) is 19.7 Å². The van der Waals surface area contributed by atoms with E-state index < -0.39 is 6.04 Å². The first kappa shape index (κ1) is 20.3. The minimum Gasteiger partial charge on any atom is -0.322 e. The molecule has 1 unspecified atom stereocenters. The Balaban J connectivity index is 1.18. The molecule has 5 rings (SSSR count). The summed E-state index contributed by atoms with van der Waals surface area (Å²) in [4.78, 5) is 37.9. The van der Waals surface area contributed by atoms with Gasteiger partial charge in [0.2, 0.25) is 11.8 Å². The Hall–Kier alpha value is -2.65. The van der Waals surface area contributed by atoms with Crippen molar-refractivity contribution in [1.82, 2.24) is 15.5 Å². The van der Waals surface area contributed by atoms with Crippen molar-refractivity contribution in [3.8, 4) is 11.8 Å². The van der Waals surface area contributed by atoms with Gasteiger partial charge in [-0.1, -0.05) is 31.1 Å². The summed E-state index contributed by atoms with van der Waals surface area (Å²) in [5.74, 6) is 6.35. The van der Waals surface area contributed by atoms with E-state index in [-0.39, 0.29) is 24.1 Å². The molecule has 2 aliphatic carbocycles. The zero-order chi connectivity index (χ0) is 21.4. The number of hydrogen-bond donors (Lipinski definition) is 2. The fourth-order valence-electron chi connectivity index (χ4n) is 5.31. The van der Waals surface area contributed by atoms with E-state index in [1.54, 1.807) is 4.90 Å². The second-order valence-electron chi connectivity index (χ2n) is 9.41. The van der Waals surface area contributed by atoms with Gasteiger partial charge in [0.1, 0.15) is 6.04 Å². The topological polar surface area (TPSA) is 78.5 Å². The summed E-state index contributed by atoms with van der Waals surface area (Å²) in [5.41, 5.74) is 2.46. The first-order chi connectivity index (χ1) is 15.1. The van der Waals surface area contributed by atoms with Crippen LogP contribution in [0.1, 0.15) is 79.3 Å². The Kier molecular flexibility index (Phi) is 5.54. The summed E-state index contributed by atoms with van der Waals surface area (Å²) < 4.78 is 0. The van der Waals surface area contributed by atoms with Crippen LogP contribution in [0.25, 0.3) is 0 Å². The Morgan fingerprint density at radius 1 is 1.00 bits per heavy atom. The molecule has 2 aliphatic heterocycles. The number of piperidine rings is 1. The summed E-state index contributed by atoms with van der Waals surface area (Å²) in [5, 5.41) is 6.14. The van der Waals surface area contributed by atoms with Crippen molar-refractivity contribution >= 4 is 17.7 Å². The fourth-order valence-corrected chi connectivity index (χ4v) is 5.31. The third-order valence-corrected chi connectivity index (χ3v) is 7.16. The van der Waals surface area contributed by atoms with Crippen LogP contribution in [0.2, 0.25) is 0 Å². The molecule has 6 heteroatoms. The second-order valence-corrected chi connectivity index (χ2v) is 9.41. The average molecular weight is 420 g/mol. The molecule has 1 atom stereocenters. The standard InChI is InChI=1S/C25H29N3O3/c29-23-11-10-22(24(30)27-23)28-15-18-12-16(8-9-21(18)25(28)31)6-7-17-13-20(14-17)26-19-4-2-1-3-5-19/h8-9,12,17,19-20,22,26H,1-5,10-11,13-15H2,(H,27,29,30). The summed E-state index contributed by atoms with van der Waals surface area (Å²) in [6, 6.07) is 6.44. The number of hydrogen-bond acceptors (Lipinski definition) is 4. The number of fused-ring (bicyclic) bond motifs is 1. The van der Waals surface area contributed by atoms with Crippen LogP contribution in [0, 0.1) is 17.8 Å². The first-order valence-electron chi connectivity index (χ1n) is 11.6. The maximum absolute atomic E-state index is 12.8. The van der Waals surface area contributed by atoms with E-state index in [9.17, 15) is 14.4 Å². The van der Waals surface area contributed by atoms with Crippen molar-refractivity contribution in [2.75, 3.05) is 0 Å². The lowest BCUT2D eigenvalue weighted by molar-refractivity contribution is -0.136. The number of nitrogens with zero attached hydrogens (tertiary/aromatic N) is 1. The van der Waals surface area contributed by atoms with Crippen LogP contribution in [0.15, 0.2) is 18.2 Å². The Morgan fingerprint density at radius 3 is 2.58 bits per heavy atom. The van der Waals surface area contributed by atoms with Gasteiger partial charge in [-0.05, 0) is 55.9 Å². The van der Waals surface area contributed by atoms with Crippen molar-refractivity contribution in [2.24, 2.45) is 5.92 Å². The number of nitrogens with one attached hydrogen (secondary N) is 2. The number of amides is 3. The van der Waals surface area contributed by atoms with Gasteiger partial charge in [0, 0.05) is 42.1 Å². The molecule has 2 heterocycles. The summed E-state index contributed by atoms with van der Waals surface area (Å²) in [6.45, 7) is 0.396. The van der Waals surface area contributed by atoms with Crippen LogP contribution in [0.4, 0.5) is 0 Å². The zero-order valence-electron chi connectivity index (χ0n) is 17.8. The van der Waals surface area contributed by atoms with Crippen molar-refractivity contribution in [2.45, 2.75) is 82.5 Å². The van der Waals surface area contributed by atoms with Crippen molar-refractivity contribution in [3.05, 3.63) is 34.9 Å². The molecule has 0 spiro atoms. The molecule has 6 nitrogen and oxygen atoms in total. The van der Waals surface area contributed by atoms with Crippen molar-refractivity contribution in [3.63, 3.8) is 0 Å². The van der Waals surface area contributed by atoms with Crippen LogP contribution in [-0.2, 0) is 16.1 Å². The molecule has 1 saturated heterocycles. The SMILES string of the molecule is O=C1CCC(N2Cc3cc(C#CC4CC(NC5CCCCC5)C4)ccc3C2=O)C(=O)N1. The molecule has 31 heavy (non-hydrogen) atoms. The van der Waals surface area contributed by atoms with Gasteiger partial charge in [-0.25, -0.2) is 0 Å². The van der Waals surface area contributed by atoms with Gasteiger partial charge in [-0.2, -0.15) is 0 Å². The molecule has 1 aromatic carbocycles. The molecule has 4 aliphatic rings. The quantitative estimate of drug-likeness (QED) is 0.583. The third-order valence-electron chi connectivity index (χ3n) is 7.16. The smallest absolute Gasteiger partial charge is 0.255 e. The van der Waals surface area contributed by atoms with E-state index in [4.69, 9.17) is 0 Å². The lowest BCUT2D eigenvalue weighted by atomic mass is 9.79. The molecule has 0 radical (unpaired) electrons. The molecular formula is C25H29N3O3. The predicted molar refractivity (Wildman–Crippen MR) is 116 cm³/mol. The highest BCUT2D eigenvalue weighted by molar-refractivity contribution is 6.05. The van der Waals surface area contributed by atoms with E-state index >= 15 is 0 Å². The molecule has 1 aromatic rings. The molecular weight excluding hydrogens is 390 g/mol. The zero-order valence-corrected chi connectivity index (χ0v) is 17.8. The van der Waals surface area contributed by atoms with E-state index in [1.807, 2.05) is 18.2 Å². The van der Waals surface area contributed by atoms with Gasteiger partial charge in [0.15, 0.2) is 0 Å². The summed E-state index contributed by atoms with van der Waals surface area (Å²) in [6.07, 6.45) is 9.62. The Labute approximate surface area is 183 Å². The number of benzene rings is 1. The normalized spacial score (nSPS) is 28.5. The number of carbonyl (C=O) groups is 3. The van der Waals surface area contributed by atoms with Crippen LogP contribution in [0.3, 0.4) is 0 Å². The van der Waals surface area contributed by atoms with Crippen LogP contribution >= 0.6 is 0 Å². The van der Waals surface area contributed by atoms with E-state index in [0.29, 0.717) is 36.5 Å². The van der Waals surface area contributed by atoms with E-state index in [0.717, 1.165) is 24.0 Å². The Morgan fingerprint density at radius 2 is 1.81 bits per heavy atom. The molecule has 2 saturated carbocycles.